The summed E-state index contributed by atoms with van der Waals surface area (Å²) in [6, 6.07) is 1.98. The zero-order chi connectivity index (χ0) is 13.2. The van der Waals surface area contributed by atoms with Gasteiger partial charge in [-0.2, -0.15) is 0 Å². The van der Waals surface area contributed by atoms with Gasteiger partial charge >= 0.3 is 0 Å². The summed E-state index contributed by atoms with van der Waals surface area (Å²) in [7, 11) is 2.07. The number of nitrogens with zero attached hydrogens (tertiary/aromatic N) is 1. The molecule has 3 heteroatoms. The van der Waals surface area contributed by atoms with Crippen molar-refractivity contribution in [3.05, 3.63) is 24.2 Å². The molecule has 0 N–H and O–H groups in total. The van der Waals surface area contributed by atoms with Crippen LogP contribution >= 0.6 is 0 Å². The fourth-order valence-electron chi connectivity index (χ4n) is 2.85. The molecule has 0 aliphatic heterocycles. The van der Waals surface area contributed by atoms with Crippen LogP contribution < -0.4 is 0 Å². The van der Waals surface area contributed by atoms with Gasteiger partial charge < -0.3 is 9.32 Å². The van der Waals surface area contributed by atoms with E-state index in [1.54, 1.807) is 12.5 Å². The smallest absolute Gasteiger partial charge is 0.137 e. The molecule has 1 atom stereocenters. The monoisotopic (exact) mass is 249 g/mol. The first kappa shape index (κ1) is 13.3. The lowest BCUT2D eigenvalue weighted by molar-refractivity contribution is -0.127. The number of furan rings is 1. The number of hydrogen-bond acceptors (Lipinski definition) is 3. The van der Waals surface area contributed by atoms with Crippen LogP contribution in [0.2, 0.25) is 0 Å². The Morgan fingerprint density at radius 1 is 1.50 bits per heavy atom. The van der Waals surface area contributed by atoms with Crippen LogP contribution in [0.15, 0.2) is 23.0 Å². The Labute approximate surface area is 109 Å². The minimum atomic E-state index is 0.200. The molecule has 2 rings (SSSR count). The molecular weight excluding hydrogens is 226 g/mol. The minimum Gasteiger partial charge on any atom is -0.472 e. The van der Waals surface area contributed by atoms with E-state index in [1.807, 2.05) is 6.07 Å². The molecule has 0 spiro atoms. The third-order valence-corrected chi connectivity index (χ3v) is 3.87. The maximum absolute atomic E-state index is 12.0. The Morgan fingerprint density at radius 3 is 2.94 bits per heavy atom. The van der Waals surface area contributed by atoms with Gasteiger partial charge in [0.15, 0.2) is 0 Å². The van der Waals surface area contributed by atoms with E-state index in [0.29, 0.717) is 11.2 Å². The van der Waals surface area contributed by atoms with Crippen LogP contribution in [-0.2, 0) is 11.3 Å². The highest BCUT2D eigenvalue weighted by Crippen LogP contribution is 2.37. The molecule has 1 heterocycles. The molecule has 1 unspecified atom stereocenters. The average molecular weight is 249 g/mol. The maximum atomic E-state index is 12.0. The predicted molar refractivity (Wildman–Crippen MR) is 71.2 cm³/mol. The van der Waals surface area contributed by atoms with Crippen molar-refractivity contribution in [2.45, 2.75) is 39.7 Å². The first-order valence-corrected chi connectivity index (χ1v) is 6.69. The van der Waals surface area contributed by atoms with Crippen LogP contribution in [0, 0.1) is 11.3 Å². The molecule has 1 aliphatic rings. The number of ketones is 1. The van der Waals surface area contributed by atoms with Gasteiger partial charge in [-0.05, 0) is 31.4 Å². The van der Waals surface area contributed by atoms with Gasteiger partial charge in [-0.15, -0.1) is 0 Å². The lowest BCUT2D eigenvalue weighted by Gasteiger charge is -2.35. The second-order valence-corrected chi connectivity index (χ2v) is 6.36. The lowest BCUT2D eigenvalue weighted by atomic mass is 9.71. The quantitative estimate of drug-likeness (QED) is 0.822. The third kappa shape index (κ3) is 3.45. The summed E-state index contributed by atoms with van der Waals surface area (Å²) in [6.07, 6.45) is 6.26. The van der Waals surface area contributed by atoms with Crippen molar-refractivity contribution < 1.29 is 9.21 Å². The van der Waals surface area contributed by atoms with Crippen molar-refractivity contribution in [2.24, 2.45) is 11.3 Å². The largest absolute Gasteiger partial charge is 0.472 e. The molecule has 1 aromatic rings. The fraction of sp³-hybridized carbons (Fsp3) is 0.667. The van der Waals surface area contributed by atoms with Crippen LogP contribution in [0.5, 0.6) is 0 Å². The number of Topliss-reactive ketones (excluding diaryl/α,β-unsaturated/α-hetero) is 1. The molecule has 18 heavy (non-hydrogen) atoms. The summed E-state index contributed by atoms with van der Waals surface area (Å²) in [5, 5.41) is 0. The van der Waals surface area contributed by atoms with Gasteiger partial charge in [-0.25, -0.2) is 0 Å². The summed E-state index contributed by atoms with van der Waals surface area (Å²) in [5.74, 6) is 0.638. The van der Waals surface area contributed by atoms with E-state index in [4.69, 9.17) is 4.42 Å². The highest BCUT2D eigenvalue weighted by Gasteiger charge is 2.33. The summed E-state index contributed by atoms with van der Waals surface area (Å²) in [4.78, 5) is 14.2. The van der Waals surface area contributed by atoms with Crippen LogP contribution in [0.4, 0.5) is 0 Å². The van der Waals surface area contributed by atoms with Crippen molar-refractivity contribution in [1.82, 2.24) is 4.90 Å². The normalized spacial score (nSPS) is 23.6. The van der Waals surface area contributed by atoms with Crippen molar-refractivity contribution in [3.63, 3.8) is 0 Å². The van der Waals surface area contributed by atoms with Crippen LogP contribution in [0.3, 0.4) is 0 Å². The Balaban J connectivity index is 1.89. The molecule has 3 nitrogen and oxygen atoms in total. The fourth-order valence-corrected chi connectivity index (χ4v) is 2.85. The Hall–Kier alpha value is -1.09. The minimum absolute atomic E-state index is 0.200. The first-order chi connectivity index (χ1) is 8.46. The third-order valence-electron chi connectivity index (χ3n) is 3.87. The molecule has 100 valence electrons. The molecule has 1 fully saturated rings. The highest BCUT2D eigenvalue weighted by molar-refractivity contribution is 5.82. The van der Waals surface area contributed by atoms with Gasteiger partial charge in [0.2, 0.25) is 0 Å². The summed E-state index contributed by atoms with van der Waals surface area (Å²) < 4.78 is 5.07. The molecule has 1 aromatic heterocycles. The van der Waals surface area contributed by atoms with Gasteiger partial charge in [0.1, 0.15) is 5.78 Å². The maximum Gasteiger partial charge on any atom is 0.137 e. The standard InChI is InChI=1S/C15H23NO2/c1-15(2)6-4-14(17)13(8-15)10-16(3)9-12-5-7-18-11-12/h5,7,11,13H,4,6,8-10H2,1-3H3. The predicted octanol–water partition coefficient (Wildman–Crippen LogP) is 3.11. The zero-order valence-corrected chi connectivity index (χ0v) is 11.6. The van der Waals surface area contributed by atoms with Gasteiger partial charge in [-0.3, -0.25) is 4.79 Å². The molecule has 1 saturated carbocycles. The Kier molecular flexibility index (Phi) is 3.91. The van der Waals surface area contributed by atoms with Gasteiger partial charge in [0, 0.05) is 31.0 Å². The number of carbonyl (C=O) groups excluding carboxylic acids is 1. The Bertz CT molecular complexity index is 395. The second-order valence-electron chi connectivity index (χ2n) is 6.36. The number of carbonyl (C=O) groups is 1. The van der Waals surface area contributed by atoms with Crippen molar-refractivity contribution in [1.29, 1.82) is 0 Å². The second kappa shape index (κ2) is 5.27. The molecule has 0 bridgehead atoms. The van der Waals surface area contributed by atoms with E-state index >= 15 is 0 Å². The zero-order valence-electron chi connectivity index (χ0n) is 11.6. The van der Waals surface area contributed by atoms with Crippen molar-refractivity contribution in [3.8, 4) is 0 Å². The summed E-state index contributed by atoms with van der Waals surface area (Å²) in [6.45, 7) is 6.24. The van der Waals surface area contributed by atoms with Crippen molar-refractivity contribution in [2.75, 3.05) is 13.6 Å². The van der Waals surface area contributed by atoms with E-state index in [1.165, 1.54) is 5.56 Å². The molecule has 0 radical (unpaired) electrons. The van der Waals surface area contributed by atoms with Crippen molar-refractivity contribution >= 4 is 5.78 Å². The highest BCUT2D eigenvalue weighted by atomic mass is 16.3. The number of rotatable bonds is 4. The van der Waals surface area contributed by atoms with Gasteiger partial charge in [-0.1, -0.05) is 13.8 Å². The number of hydrogen-bond donors (Lipinski definition) is 0. The Morgan fingerprint density at radius 2 is 2.28 bits per heavy atom. The van der Waals surface area contributed by atoms with Gasteiger partial charge in [0.05, 0.1) is 12.5 Å². The van der Waals surface area contributed by atoms with E-state index in [2.05, 4.69) is 25.8 Å². The molecular formula is C15H23NO2. The molecule has 1 aliphatic carbocycles. The van der Waals surface area contributed by atoms with E-state index < -0.39 is 0 Å². The van der Waals surface area contributed by atoms with Crippen LogP contribution in [-0.4, -0.2) is 24.3 Å². The van der Waals surface area contributed by atoms with E-state index in [9.17, 15) is 4.79 Å². The lowest BCUT2D eigenvalue weighted by Crippen LogP contribution is -2.37. The summed E-state index contributed by atoms with van der Waals surface area (Å²) >= 11 is 0. The molecule has 0 aromatic carbocycles. The average Bonchev–Trinajstić information content (AvgIpc) is 2.76. The topological polar surface area (TPSA) is 33.5 Å². The van der Waals surface area contributed by atoms with E-state index in [-0.39, 0.29) is 5.92 Å². The van der Waals surface area contributed by atoms with Crippen LogP contribution in [0.25, 0.3) is 0 Å². The first-order valence-electron chi connectivity index (χ1n) is 6.69. The van der Waals surface area contributed by atoms with E-state index in [0.717, 1.165) is 32.4 Å². The molecule has 0 amide bonds. The summed E-state index contributed by atoms with van der Waals surface area (Å²) in [5.41, 5.74) is 1.48. The van der Waals surface area contributed by atoms with Crippen LogP contribution in [0.1, 0.15) is 38.7 Å². The van der Waals surface area contributed by atoms with Gasteiger partial charge in [0.25, 0.3) is 0 Å². The SMILES string of the molecule is CN(Cc1ccoc1)CC1CC(C)(C)CCC1=O. The molecule has 0 saturated heterocycles.